The molecule has 7 aromatic rings. The lowest BCUT2D eigenvalue weighted by Gasteiger charge is -2.16. The van der Waals surface area contributed by atoms with Gasteiger partial charge in [0.2, 0.25) is 5.28 Å². The summed E-state index contributed by atoms with van der Waals surface area (Å²) in [5.74, 6) is 1.11. The molecule has 0 spiro atoms. The van der Waals surface area contributed by atoms with E-state index in [-0.39, 0.29) is 5.28 Å². The molecule has 1 aromatic heterocycles. The molecule has 0 saturated heterocycles. The first kappa shape index (κ1) is 23.3. The smallest absolute Gasteiger partial charge is 0.208 e. The van der Waals surface area contributed by atoms with Crippen LogP contribution in [0.25, 0.3) is 66.6 Å². The molecule has 0 aliphatic heterocycles. The Morgan fingerprint density at radius 3 is 1.67 bits per heavy atom. The van der Waals surface area contributed by atoms with Crippen molar-refractivity contribution in [2.45, 2.75) is 0 Å². The number of nitrogens with zero attached hydrogens (tertiary/aromatic N) is 3. The Balaban J connectivity index is 1.46. The van der Waals surface area contributed by atoms with Crippen LogP contribution in [0.5, 0.6) is 0 Å². The van der Waals surface area contributed by atoms with Crippen molar-refractivity contribution in [3.8, 4) is 45.0 Å². The van der Waals surface area contributed by atoms with Crippen molar-refractivity contribution in [1.82, 2.24) is 15.0 Å². The van der Waals surface area contributed by atoms with E-state index in [0.717, 1.165) is 27.5 Å². The monoisotopic (exact) mass is 519 g/mol. The Morgan fingerprint density at radius 2 is 0.949 bits per heavy atom. The average molecular weight is 520 g/mol. The molecule has 0 atom stereocenters. The SMILES string of the molecule is Clc1nc(-c2ccccc2)nc(-c2ccc(-c3cccc4cccc(-c5ccccc5)c34)c3ccccc23)n1. The van der Waals surface area contributed by atoms with Crippen molar-refractivity contribution in [3.05, 3.63) is 139 Å². The van der Waals surface area contributed by atoms with Gasteiger partial charge in [-0.15, -0.1) is 0 Å². The molecule has 6 aromatic carbocycles. The molecular weight excluding hydrogens is 498 g/mol. The fourth-order valence-corrected chi connectivity index (χ4v) is 5.50. The van der Waals surface area contributed by atoms with E-state index in [2.05, 4.69) is 113 Å². The van der Waals surface area contributed by atoms with Gasteiger partial charge in [0.15, 0.2) is 11.6 Å². The van der Waals surface area contributed by atoms with Gasteiger partial charge in [0, 0.05) is 11.1 Å². The highest BCUT2D eigenvalue weighted by Crippen LogP contribution is 2.41. The lowest BCUT2D eigenvalue weighted by molar-refractivity contribution is 1.07. The van der Waals surface area contributed by atoms with E-state index in [1.54, 1.807) is 0 Å². The lowest BCUT2D eigenvalue weighted by atomic mass is 9.88. The highest BCUT2D eigenvalue weighted by Gasteiger charge is 2.16. The Labute approximate surface area is 231 Å². The van der Waals surface area contributed by atoms with Crippen LogP contribution in [0.15, 0.2) is 133 Å². The first-order chi connectivity index (χ1) is 19.3. The van der Waals surface area contributed by atoms with Crippen LogP contribution in [-0.2, 0) is 0 Å². The van der Waals surface area contributed by atoms with Crippen molar-refractivity contribution in [2.75, 3.05) is 0 Å². The van der Waals surface area contributed by atoms with Crippen LogP contribution in [0.4, 0.5) is 0 Å². The van der Waals surface area contributed by atoms with Crippen LogP contribution in [0.2, 0.25) is 5.28 Å². The summed E-state index contributed by atoms with van der Waals surface area (Å²) in [6, 6.07) is 46.1. The number of aromatic nitrogens is 3. The molecule has 0 bridgehead atoms. The predicted octanol–water partition coefficient (Wildman–Crippen LogP) is 9.50. The number of benzene rings is 6. The Kier molecular flexibility index (Phi) is 5.84. The molecule has 0 saturated carbocycles. The van der Waals surface area contributed by atoms with E-state index >= 15 is 0 Å². The second-order valence-corrected chi connectivity index (χ2v) is 9.74. The number of fused-ring (bicyclic) bond motifs is 2. The summed E-state index contributed by atoms with van der Waals surface area (Å²) in [7, 11) is 0. The third-order valence-corrected chi connectivity index (χ3v) is 7.25. The number of hydrogen-bond acceptors (Lipinski definition) is 3. The van der Waals surface area contributed by atoms with E-state index in [4.69, 9.17) is 16.6 Å². The lowest BCUT2D eigenvalue weighted by Crippen LogP contribution is -1.98. The second-order valence-electron chi connectivity index (χ2n) is 9.40. The van der Waals surface area contributed by atoms with Gasteiger partial charge in [0.1, 0.15) is 0 Å². The molecule has 4 heteroatoms. The zero-order valence-electron chi connectivity index (χ0n) is 20.9. The molecule has 0 N–H and O–H groups in total. The average Bonchev–Trinajstić information content (AvgIpc) is 3.00. The summed E-state index contributed by atoms with van der Waals surface area (Å²) < 4.78 is 0. The molecule has 39 heavy (non-hydrogen) atoms. The van der Waals surface area contributed by atoms with E-state index < -0.39 is 0 Å². The number of rotatable bonds is 4. The molecule has 184 valence electrons. The minimum Gasteiger partial charge on any atom is -0.208 e. The van der Waals surface area contributed by atoms with Gasteiger partial charge in [-0.05, 0) is 61.5 Å². The van der Waals surface area contributed by atoms with E-state index in [1.165, 1.54) is 27.5 Å². The van der Waals surface area contributed by atoms with Crippen molar-refractivity contribution < 1.29 is 0 Å². The molecule has 0 radical (unpaired) electrons. The van der Waals surface area contributed by atoms with Crippen LogP contribution in [-0.4, -0.2) is 15.0 Å². The predicted molar refractivity (Wildman–Crippen MR) is 162 cm³/mol. The fraction of sp³-hybridized carbons (Fsp3) is 0. The van der Waals surface area contributed by atoms with Crippen LogP contribution >= 0.6 is 11.6 Å². The largest absolute Gasteiger partial charge is 0.226 e. The first-order valence-corrected chi connectivity index (χ1v) is 13.2. The van der Waals surface area contributed by atoms with Gasteiger partial charge < -0.3 is 0 Å². The zero-order valence-corrected chi connectivity index (χ0v) is 21.7. The Morgan fingerprint density at radius 1 is 0.385 bits per heavy atom. The van der Waals surface area contributed by atoms with Crippen LogP contribution < -0.4 is 0 Å². The quantitative estimate of drug-likeness (QED) is 0.232. The normalized spacial score (nSPS) is 11.2. The highest BCUT2D eigenvalue weighted by molar-refractivity contribution is 6.28. The maximum Gasteiger partial charge on any atom is 0.226 e. The fourth-order valence-electron chi connectivity index (χ4n) is 5.34. The minimum atomic E-state index is 0.175. The van der Waals surface area contributed by atoms with Crippen LogP contribution in [0.3, 0.4) is 0 Å². The minimum absolute atomic E-state index is 0.175. The third kappa shape index (κ3) is 4.23. The summed E-state index contributed by atoms with van der Waals surface area (Å²) in [6.45, 7) is 0. The van der Waals surface area contributed by atoms with Gasteiger partial charge in [0.05, 0.1) is 0 Å². The van der Waals surface area contributed by atoms with Crippen molar-refractivity contribution >= 4 is 33.1 Å². The van der Waals surface area contributed by atoms with Crippen LogP contribution in [0, 0.1) is 0 Å². The molecule has 0 aliphatic rings. The Hall–Kier alpha value is -4.86. The van der Waals surface area contributed by atoms with Gasteiger partial charge in [-0.25, -0.2) is 4.98 Å². The third-order valence-electron chi connectivity index (χ3n) is 7.08. The number of hydrogen-bond donors (Lipinski definition) is 0. The first-order valence-electron chi connectivity index (χ1n) is 12.8. The van der Waals surface area contributed by atoms with E-state index in [0.29, 0.717) is 11.6 Å². The van der Waals surface area contributed by atoms with Crippen molar-refractivity contribution in [3.63, 3.8) is 0 Å². The molecule has 1 heterocycles. The molecular formula is C35H22ClN3. The summed E-state index contributed by atoms with van der Waals surface area (Å²) in [5.41, 5.74) is 6.58. The van der Waals surface area contributed by atoms with Gasteiger partial charge >= 0.3 is 0 Å². The molecule has 0 amide bonds. The van der Waals surface area contributed by atoms with Gasteiger partial charge in [-0.1, -0.05) is 127 Å². The van der Waals surface area contributed by atoms with Gasteiger partial charge in [0.25, 0.3) is 0 Å². The van der Waals surface area contributed by atoms with E-state index in [9.17, 15) is 0 Å². The zero-order chi connectivity index (χ0) is 26.2. The molecule has 0 fully saturated rings. The summed E-state index contributed by atoms with van der Waals surface area (Å²) in [5, 5.41) is 4.81. The van der Waals surface area contributed by atoms with Gasteiger partial charge in [-0.3, -0.25) is 0 Å². The van der Waals surface area contributed by atoms with Crippen LogP contribution in [0.1, 0.15) is 0 Å². The van der Waals surface area contributed by atoms with E-state index in [1.807, 2.05) is 30.3 Å². The van der Waals surface area contributed by atoms with Crippen molar-refractivity contribution in [2.24, 2.45) is 0 Å². The molecule has 7 rings (SSSR count). The topological polar surface area (TPSA) is 38.7 Å². The highest BCUT2D eigenvalue weighted by atomic mass is 35.5. The van der Waals surface area contributed by atoms with Gasteiger partial charge in [-0.2, -0.15) is 9.97 Å². The molecule has 3 nitrogen and oxygen atoms in total. The summed E-state index contributed by atoms with van der Waals surface area (Å²) in [4.78, 5) is 13.7. The Bertz CT molecular complexity index is 1960. The molecule has 0 unspecified atom stereocenters. The maximum atomic E-state index is 6.41. The number of halogens is 1. The second kappa shape index (κ2) is 9.79. The molecule has 0 aliphatic carbocycles. The standard InChI is InChI=1S/C35H22ClN3/c36-35-38-33(25-13-5-2-6-14-25)37-34(39-35)31-22-21-29(27-17-7-8-18-28(27)31)30-20-10-16-24-15-9-19-26(32(24)30)23-11-3-1-4-12-23/h1-22H. The summed E-state index contributed by atoms with van der Waals surface area (Å²) in [6.07, 6.45) is 0. The van der Waals surface area contributed by atoms with Crippen molar-refractivity contribution in [1.29, 1.82) is 0 Å². The summed E-state index contributed by atoms with van der Waals surface area (Å²) >= 11 is 6.41. The maximum absolute atomic E-state index is 6.41.